The van der Waals surface area contributed by atoms with Crippen LogP contribution in [0, 0.1) is 13.8 Å². The van der Waals surface area contributed by atoms with Gasteiger partial charge in [0.15, 0.2) is 0 Å². The van der Waals surface area contributed by atoms with Crippen molar-refractivity contribution in [3.05, 3.63) is 71.0 Å². The van der Waals surface area contributed by atoms with E-state index in [-0.39, 0.29) is 0 Å². The van der Waals surface area contributed by atoms with Crippen LogP contribution in [0.15, 0.2) is 52.9 Å². The zero-order valence-electron chi connectivity index (χ0n) is 12.0. The monoisotopic (exact) mass is 266 g/mol. The van der Waals surface area contributed by atoms with Gasteiger partial charge in [0.2, 0.25) is 0 Å². The number of aliphatic hydroxyl groups is 1. The topological polar surface area (TPSA) is 33.4 Å². The molecule has 1 N–H and O–H groups in total. The summed E-state index contributed by atoms with van der Waals surface area (Å²) in [6, 6.07) is 15.8. The quantitative estimate of drug-likeness (QED) is 0.750. The fourth-order valence-corrected chi connectivity index (χ4v) is 2.54. The molecular formula is C18H18O2. The van der Waals surface area contributed by atoms with Crippen molar-refractivity contribution < 1.29 is 9.52 Å². The lowest BCUT2D eigenvalue weighted by Gasteiger charge is -2.21. The van der Waals surface area contributed by atoms with Crippen molar-refractivity contribution in [1.29, 1.82) is 0 Å². The molecule has 1 atom stereocenters. The van der Waals surface area contributed by atoms with Crippen LogP contribution in [0.25, 0.3) is 11.0 Å². The largest absolute Gasteiger partial charge is 0.457 e. The van der Waals surface area contributed by atoms with Gasteiger partial charge in [-0.3, -0.25) is 0 Å². The summed E-state index contributed by atoms with van der Waals surface area (Å²) >= 11 is 0. The van der Waals surface area contributed by atoms with Crippen LogP contribution in [0.4, 0.5) is 0 Å². The number of aryl methyl sites for hydroxylation is 2. The summed E-state index contributed by atoms with van der Waals surface area (Å²) in [5.41, 5.74) is 2.76. The number of hydrogen-bond acceptors (Lipinski definition) is 2. The Morgan fingerprint density at radius 2 is 1.75 bits per heavy atom. The van der Waals surface area contributed by atoms with Gasteiger partial charge in [0.25, 0.3) is 0 Å². The number of fused-ring (bicyclic) bond motifs is 1. The lowest BCUT2D eigenvalue weighted by molar-refractivity contribution is 0.0785. The molecule has 0 bridgehead atoms. The van der Waals surface area contributed by atoms with Gasteiger partial charge in [-0.25, -0.2) is 0 Å². The van der Waals surface area contributed by atoms with Crippen molar-refractivity contribution in [2.24, 2.45) is 0 Å². The van der Waals surface area contributed by atoms with Crippen molar-refractivity contribution in [2.45, 2.75) is 26.4 Å². The van der Waals surface area contributed by atoms with Gasteiger partial charge in [-0.05, 0) is 38.0 Å². The maximum absolute atomic E-state index is 10.9. The van der Waals surface area contributed by atoms with Crippen LogP contribution in [-0.4, -0.2) is 5.11 Å². The fourth-order valence-electron chi connectivity index (χ4n) is 2.54. The maximum Gasteiger partial charge on any atom is 0.144 e. The number of rotatable bonds is 2. The van der Waals surface area contributed by atoms with Gasteiger partial charge in [0.05, 0.1) is 0 Å². The zero-order valence-corrected chi connectivity index (χ0v) is 12.0. The third kappa shape index (κ3) is 2.02. The summed E-state index contributed by atoms with van der Waals surface area (Å²) in [7, 11) is 0. The van der Waals surface area contributed by atoms with Gasteiger partial charge >= 0.3 is 0 Å². The van der Waals surface area contributed by atoms with E-state index in [0.717, 1.165) is 27.7 Å². The van der Waals surface area contributed by atoms with E-state index in [9.17, 15) is 5.11 Å². The highest BCUT2D eigenvalue weighted by Crippen LogP contribution is 2.34. The first-order chi connectivity index (χ1) is 9.48. The predicted molar refractivity (Wildman–Crippen MR) is 80.8 cm³/mol. The number of benzene rings is 2. The van der Waals surface area contributed by atoms with E-state index in [1.165, 1.54) is 0 Å². The molecule has 20 heavy (non-hydrogen) atoms. The smallest absolute Gasteiger partial charge is 0.144 e. The molecule has 102 valence electrons. The minimum Gasteiger partial charge on any atom is -0.457 e. The molecule has 0 aliphatic rings. The zero-order chi connectivity index (χ0) is 14.3. The van der Waals surface area contributed by atoms with Crippen LogP contribution in [0.3, 0.4) is 0 Å². The Labute approximate surface area is 118 Å². The summed E-state index contributed by atoms with van der Waals surface area (Å²) in [5.74, 6) is 0.576. The predicted octanol–water partition coefficient (Wildman–Crippen LogP) is 4.31. The fraction of sp³-hybridized carbons (Fsp3) is 0.222. The maximum atomic E-state index is 10.9. The molecule has 0 fully saturated rings. The van der Waals surface area contributed by atoms with Crippen LogP contribution >= 0.6 is 0 Å². The first kappa shape index (κ1) is 12.9. The third-order valence-electron chi connectivity index (χ3n) is 3.80. The second kappa shape index (κ2) is 4.50. The average Bonchev–Trinajstić information content (AvgIpc) is 2.85. The summed E-state index contributed by atoms with van der Waals surface area (Å²) in [5, 5.41) is 11.9. The van der Waals surface area contributed by atoms with Crippen molar-refractivity contribution in [2.75, 3.05) is 0 Å². The molecule has 0 spiro atoms. The summed E-state index contributed by atoms with van der Waals surface area (Å²) in [6.45, 7) is 5.80. The number of para-hydroxylation sites is 1. The van der Waals surface area contributed by atoms with Crippen molar-refractivity contribution in [3.63, 3.8) is 0 Å². The Balaban J connectivity index is 2.16. The highest BCUT2D eigenvalue weighted by Gasteiger charge is 2.29. The third-order valence-corrected chi connectivity index (χ3v) is 3.80. The molecule has 3 aromatic rings. The first-order valence-corrected chi connectivity index (χ1v) is 6.77. The Morgan fingerprint density at radius 1 is 1.00 bits per heavy atom. The molecule has 0 amide bonds. The van der Waals surface area contributed by atoms with Crippen LogP contribution in [-0.2, 0) is 5.60 Å². The van der Waals surface area contributed by atoms with Gasteiger partial charge in [0.1, 0.15) is 16.9 Å². The molecule has 1 unspecified atom stereocenters. The molecule has 1 aromatic heterocycles. The minimum atomic E-state index is -1.13. The summed E-state index contributed by atoms with van der Waals surface area (Å²) in [4.78, 5) is 0. The number of furan rings is 1. The van der Waals surface area contributed by atoms with Gasteiger partial charge in [-0.15, -0.1) is 0 Å². The number of hydrogen-bond donors (Lipinski definition) is 1. The second-order valence-electron chi connectivity index (χ2n) is 5.55. The van der Waals surface area contributed by atoms with Crippen molar-refractivity contribution >= 4 is 11.0 Å². The van der Waals surface area contributed by atoms with E-state index < -0.39 is 5.60 Å². The minimum absolute atomic E-state index is 0.576. The van der Waals surface area contributed by atoms with Crippen molar-refractivity contribution in [3.8, 4) is 0 Å². The van der Waals surface area contributed by atoms with Crippen LogP contribution < -0.4 is 0 Å². The first-order valence-electron chi connectivity index (χ1n) is 6.77. The molecule has 2 nitrogen and oxygen atoms in total. The van der Waals surface area contributed by atoms with E-state index >= 15 is 0 Å². The van der Waals surface area contributed by atoms with Crippen LogP contribution in [0.1, 0.15) is 29.4 Å². The Bertz CT molecular complexity index is 766. The standard InChI is InChI=1S/C18H18O2/c1-12-6-4-9-15(10-12)18(3,19)16-11-14-8-5-7-13(2)17(14)20-16/h4-11,19H,1-3H3. The summed E-state index contributed by atoms with van der Waals surface area (Å²) in [6.07, 6.45) is 0. The lowest BCUT2D eigenvalue weighted by atomic mass is 9.92. The molecule has 0 radical (unpaired) electrons. The van der Waals surface area contributed by atoms with Crippen molar-refractivity contribution in [1.82, 2.24) is 0 Å². The molecule has 0 aliphatic heterocycles. The molecular weight excluding hydrogens is 248 g/mol. The van der Waals surface area contributed by atoms with Crippen LogP contribution in [0.2, 0.25) is 0 Å². The second-order valence-corrected chi connectivity index (χ2v) is 5.55. The molecule has 3 rings (SSSR count). The van der Waals surface area contributed by atoms with Gasteiger partial charge in [-0.1, -0.05) is 48.0 Å². The highest BCUT2D eigenvalue weighted by atomic mass is 16.4. The molecule has 0 aliphatic carbocycles. The van der Waals surface area contributed by atoms with E-state index in [2.05, 4.69) is 0 Å². The summed E-state index contributed by atoms with van der Waals surface area (Å²) < 4.78 is 5.91. The lowest BCUT2D eigenvalue weighted by Crippen LogP contribution is -2.22. The van der Waals surface area contributed by atoms with E-state index in [1.807, 2.05) is 62.4 Å². The van der Waals surface area contributed by atoms with E-state index in [4.69, 9.17) is 4.42 Å². The molecule has 1 heterocycles. The highest BCUT2D eigenvalue weighted by molar-refractivity contribution is 5.81. The van der Waals surface area contributed by atoms with E-state index in [1.54, 1.807) is 6.92 Å². The normalized spacial score (nSPS) is 14.4. The molecule has 0 saturated heterocycles. The van der Waals surface area contributed by atoms with Gasteiger partial charge in [-0.2, -0.15) is 0 Å². The van der Waals surface area contributed by atoms with Gasteiger partial charge in [0, 0.05) is 5.39 Å². The Kier molecular flexibility index (Phi) is 2.91. The SMILES string of the molecule is Cc1cccc(C(C)(O)c2cc3cccc(C)c3o2)c1. The molecule has 2 heteroatoms. The van der Waals surface area contributed by atoms with Gasteiger partial charge < -0.3 is 9.52 Å². The Hall–Kier alpha value is -2.06. The molecule has 0 saturated carbocycles. The van der Waals surface area contributed by atoms with Crippen LogP contribution in [0.5, 0.6) is 0 Å². The molecule has 2 aromatic carbocycles. The van der Waals surface area contributed by atoms with E-state index in [0.29, 0.717) is 5.76 Å². The Morgan fingerprint density at radius 3 is 2.45 bits per heavy atom. The average molecular weight is 266 g/mol.